The van der Waals surface area contributed by atoms with Crippen molar-refractivity contribution in [3.05, 3.63) is 34.3 Å². The number of halogens is 1. The SMILES string of the molecule is CCOC(CCOCc1ccccc1Br)OCC. The van der Waals surface area contributed by atoms with Gasteiger partial charge < -0.3 is 14.2 Å². The summed E-state index contributed by atoms with van der Waals surface area (Å²) in [4.78, 5) is 0. The van der Waals surface area contributed by atoms with Crippen LogP contribution in [0, 0.1) is 0 Å². The third-order valence-corrected chi connectivity index (χ3v) is 3.19. The first-order valence-corrected chi connectivity index (χ1v) is 7.11. The van der Waals surface area contributed by atoms with Crippen LogP contribution >= 0.6 is 15.9 Å². The highest BCUT2D eigenvalue weighted by Crippen LogP contribution is 2.16. The largest absolute Gasteiger partial charge is 0.377 e. The molecular weight excluding hydrogens is 296 g/mol. The second-order valence-electron chi connectivity index (χ2n) is 3.77. The van der Waals surface area contributed by atoms with E-state index >= 15 is 0 Å². The van der Waals surface area contributed by atoms with Gasteiger partial charge in [0.15, 0.2) is 6.29 Å². The van der Waals surface area contributed by atoms with Crippen LogP contribution in [0.5, 0.6) is 0 Å². The third-order valence-electron chi connectivity index (χ3n) is 2.42. The van der Waals surface area contributed by atoms with Gasteiger partial charge in [0, 0.05) is 24.1 Å². The van der Waals surface area contributed by atoms with Gasteiger partial charge in [-0.2, -0.15) is 0 Å². The molecule has 0 aliphatic rings. The molecule has 0 radical (unpaired) electrons. The van der Waals surface area contributed by atoms with Gasteiger partial charge >= 0.3 is 0 Å². The lowest BCUT2D eigenvalue weighted by Gasteiger charge is -2.16. The first kappa shape index (κ1) is 15.6. The molecule has 1 aromatic carbocycles. The Morgan fingerprint density at radius 1 is 1.11 bits per heavy atom. The Hall–Kier alpha value is -0.420. The van der Waals surface area contributed by atoms with E-state index in [0.717, 1.165) is 16.5 Å². The smallest absolute Gasteiger partial charge is 0.159 e. The topological polar surface area (TPSA) is 27.7 Å². The van der Waals surface area contributed by atoms with Crippen molar-refractivity contribution in [2.24, 2.45) is 0 Å². The first-order chi connectivity index (χ1) is 8.77. The first-order valence-electron chi connectivity index (χ1n) is 6.32. The molecule has 0 unspecified atom stereocenters. The van der Waals surface area contributed by atoms with Gasteiger partial charge in [-0.3, -0.25) is 0 Å². The summed E-state index contributed by atoms with van der Waals surface area (Å²) < 4.78 is 17.6. The lowest BCUT2D eigenvalue weighted by molar-refractivity contribution is -0.147. The lowest BCUT2D eigenvalue weighted by Crippen LogP contribution is -2.19. The van der Waals surface area contributed by atoms with Crippen LogP contribution in [0.15, 0.2) is 28.7 Å². The van der Waals surface area contributed by atoms with Gasteiger partial charge in [0.25, 0.3) is 0 Å². The van der Waals surface area contributed by atoms with E-state index in [4.69, 9.17) is 14.2 Å². The van der Waals surface area contributed by atoms with E-state index in [9.17, 15) is 0 Å². The Morgan fingerprint density at radius 2 is 1.78 bits per heavy atom. The van der Waals surface area contributed by atoms with Gasteiger partial charge in [0.05, 0.1) is 13.2 Å². The predicted molar refractivity (Wildman–Crippen MR) is 75.5 cm³/mol. The fraction of sp³-hybridized carbons (Fsp3) is 0.571. The summed E-state index contributed by atoms with van der Waals surface area (Å²) in [6.07, 6.45) is 0.603. The highest BCUT2D eigenvalue weighted by Gasteiger charge is 2.07. The molecule has 1 rings (SSSR count). The van der Waals surface area contributed by atoms with Gasteiger partial charge in [-0.25, -0.2) is 0 Å². The fourth-order valence-electron chi connectivity index (χ4n) is 1.56. The molecule has 0 aliphatic heterocycles. The van der Waals surface area contributed by atoms with Crippen LogP contribution in [0.25, 0.3) is 0 Å². The summed E-state index contributed by atoms with van der Waals surface area (Å²) in [6.45, 7) is 6.49. The minimum atomic E-state index is -0.154. The minimum Gasteiger partial charge on any atom is -0.377 e. The van der Waals surface area contributed by atoms with Crippen molar-refractivity contribution in [3.8, 4) is 0 Å². The van der Waals surface area contributed by atoms with Gasteiger partial charge in [-0.15, -0.1) is 0 Å². The van der Waals surface area contributed by atoms with Crippen molar-refractivity contribution in [2.45, 2.75) is 33.2 Å². The van der Waals surface area contributed by atoms with E-state index in [-0.39, 0.29) is 6.29 Å². The highest BCUT2D eigenvalue weighted by atomic mass is 79.9. The van der Waals surface area contributed by atoms with Crippen LogP contribution in [-0.4, -0.2) is 26.1 Å². The zero-order valence-electron chi connectivity index (χ0n) is 11.0. The van der Waals surface area contributed by atoms with E-state index in [2.05, 4.69) is 15.9 Å². The van der Waals surface area contributed by atoms with Crippen LogP contribution < -0.4 is 0 Å². The quantitative estimate of drug-likeness (QED) is 0.513. The maximum Gasteiger partial charge on any atom is 0.159 e. The summed E-state index contributed by atoms with van der Waals surface area (Å²) in [5.74, 6) is 0. The molecular formula is C14H21BrO3. The van der Waals surface area contributed by atoms with E-state index in [1.807, 2.05) is 38.1 Å². The number of ether oxygens (including phenoxy) is 3. The molecule has 0 saturated heterocycles. The molecule has 0 saturated carbocycles. The van der Waals surface area contributed by atoms with E-state index in [1.54, 1.807) is 0 Å². The number of rotatable bonds is 9. The second-order valence-corrected chi connectivity index (χ2v) is 4.63. The highest BCUT2D eigenvalue weighted by molar-refractivity contribution is 9.10. The Kier molecular flexibility index (Phi) is 8.25. The lowest BCUT2D eigenvalue weighted by atomic mass is 10.2. The molecule has 1 aromatic rings. The third kappa shape index (κ3) is 5.96. The van der Waals surface area contributed by atoms with Gasteiger partial charge in [0.1, 0.15) is 0 Å². The number of benzene rings is 1. The molecule has 0 aromatic heterocycles. The normalized spacial score (nSPS) is 11.1. The number of hydrogen-bond acceptors (Lipinski definition) is 3. The van der Waals surface area contributed by atoms with Crippen molar-refractivity contribution in [2.75, 3.05) is 19.8 Å². The Morgan fingerprint density at radius 3 is 2.39 bits per heavy atom. The molecule has 0 N–H and O–H groups in total. The van der Waals surface area contributed by atoms with Crippen LogP contribution in [0.4, 0.5) is 0 Å². The minimum absolute atomic E-state index is 0.154. The van der Waals surface area contributed by atoms with Crippen molar-refractivity contribution >= 4 is 15.9 Å². The Balaban J connectivity index is 2.23. The van der Waals surface area contributed by atoms with Crippen LogP contribution in [0.3, 0.4) is 0 Å². The van der Waals surface area contributed by atoms with E-state index < -0.39 is 0 Å². The van der Waals surface area contributed by atoms with Crippen molar-refractivity contribution in [1.82, 2.24) is 0 Å². The molecule has 0 bridgehead atoms. The van der Waals surface area contributed by atoms with Crippen molar-refractivity contribution in [1.29, 1.82) is 0 Å². The summed E-state index contributed by atoms with van der Waals surface area (Å²) in [5.41, 5.74) is 1.15. The van der Waals surface area contributed by atoms with E-state index in [0.29, 0.717) is 26.4 Å². The molecule has 0 fully saturated rings. The van der Waals surface area contributed by atoms with Gasteiger partial charge in [0.2, 0.25) is 0 Å². The maximum absolute atomic E-state index is 5.63. The van der Waals surface area contributed by atoms with Gasteiger partial charge in [-0.05, 0) is 25.5 Å². The van der Waals surface area contributed by atoms with Crippen LogP contribution in [-0.2, 0) is 20.8 Å². The standard InChI is InChI=1S/C14H21BrO3/c1-3-17-14(18-4-2)9-10-16-11-12-7-5-6-8-13(12)15/h5-8,14H,3-4,9-11H2,1-2H3. The Bertz CT molecular complexity index is 325. The van der Waals surface area contributed by atoms with Crippen LogP contribution in [0.2, 0.25) is 0 Å². The van der Waals surface area contributed by atoms with Crippen molar-refractivity contribution < 1.29 is 14.2 Å². The van der Waals surface area contributed by atoms with Gasteiger partial charge in [-0.1, -0.05) is 34.1 Å². The molecule has 4 heteroatoms. The Labute approximate surface area is 118 Å². The fourth-order valence-corrected chi connectivity index (χ4v) is 1.96. The zero-order chi connectivity index (χ0) is 13.2. The molecule has 0 spiro atoms. The average Bonchev–Trinajstić information content (AvgIpc) is 2.37. The molecule has 0 atom stereocenters. The molecule has 0 amide bonds. The maximum atomic E-state index is 5.63. The average molecular weight is 317 g/mol. The summed E-state index contributed by atoms with van der Waals surface area (Å²) >= 11 is 3.50. The van der Waals surface area contributed by atoms with E-state index in [1.165, 1.54) is 0 Å². The second kappa shape index (κ2) is 9.50. The molecule has 0 aliphatic carbocycles. The zero-order valence-corrected chi connectivity index (χ0v) is 12.6. The van der Waals surface area contributed by atoms with Crippen LogP contribution in [0.1, 0.15) is 25.8 Å². The van der Waals surface area contributed by atoms with Crippen molar-refractivity contribution in [3.63, 3.8) is 0 Å². The molecule has 102 valence electrons. The summed E-state index contributed by atoms with van der Waals surface area (Å²) in [5, 5.41) is 0. The summed E-state index contributed by atoms with van der Waals surface area (Å²) in [6, 6.07) is 8.06. The predicted octanol–water partition coefficient (Wildman–Crippen LogP) is 3.75. The summed E-state index contributed by atoms with van der Waals surface area (Å²) in [7, 11) is 0. The monoisotopic (exact) mass is 316 g/mol. The number of hydrogen-bond donors (Lipinski definition) is 0. The molecule has 0 heterocycles. The molecule has 3 nitrogen and oxygen atoms in total. The molecule has 18 heavy (non-hydrogen) atoms.